The quantitative estimate of drug-likeness (QED) is 0.501. The maximum atomic E-state index is 13.6. The Morgan fingerprint density at radius 2 is 2.08 bits per heavy atom. The van der Waals surface area contributed by atoms with Crippen LogP contribution in [0.5, 0.6) is 0 Å². The lowest BCUT2D eigenvalue weighted by molar-refractivity contribution is -0.126. The molecule has 0 saturated heterocycles. The summed E-state index contributed by atoms with van der Waals surface area (Å²) in [5.74, 6) is -3.52. The maximum Gasteiger partial charge on any atom is 0.244 e. The van der Waals surface area contributed by atoms with E-state index in [4.69, 9.17) is 5.73 Å². The van der Waals surface area contributed by atoms with Gasteiger partial charge in [-0.15, -0.1) is 11.3 Å². The van der Waals surface area contributed by atoms with E-state index >= 15 is 0 Å². The van der Waals surface area contributed by atoms with E-state index in [0.717, 1.165) is 6.07 Å². The van der Waals surface area contributed by atoms with Crippen molar-refractivity contribution in [1.29, 1.82) is 0 Å². The molecule has 0 aromatic carbocycles. The van der Waals surface area contributed by atoms with Gasteiger partial charge in [0.15, 0.2) is 5.78 Å². The smallest absolute Gasteiger partial charge is 0.244 e. The molecule has 0 fully saturated rings. The number of ketones is 1. The molecule has 1 unspecified atom stereocenters. The van der Waals surface area contributed by atoms with E-state index in [1.54, 1.807) is 31.4 Å². The number of nitrogens with two attached hydrogens (primary N) is 1. The lowest BCUT2D eigenvalue weighted by atomic mass is 9.92. The minimum absolute atomic E-state index is 0.0182. The number of carbonyl (C=O) groups excluding carboxylic acids is 3. The molecule has 8 heteroatoms. The Balaban J connectivity index is 2.05. The lowest BCUT2D eigenvalue weighted by Crippen LogP contribution is -2.44. The number of hydrogen-bond acceptors (Lipinski definition) is 5. The summed E-state index contributed by atoms with van der Waals surface area (Å²) in [6.07, 6.45) is 0. The number of primary amides is 1. The second-order valence-corrected chi connectivity index (χ2v) is 7.43. The number of pyridine rings is 1. The van der Waals surface area contributed by atoms with Crippen molar-refractivity contribution in [2.45, 2.75) is 19.8 Å². The number of thiophene rings is 1. The van der Waals surface area contributed by atoms with Crippen molar-refractivity contribution in [3.63, 3.8) is 0 Å². The predicted octanol–water partition coefficient (Wildman–Crippen LogP) is 2.11. The zero-order valence-electron chi connectivity index (χ0n) is 13.7. The van der Waals surface area contributed by atoms with Gasteiger partial charge in [0.05, 0.1) is 21.7 Å². The molecule has 1 atom stereocenters. The summed E-state index contributed by atoms with van der Waals surface area (Å²) in [5.41, 5.74) is 4.78. The highest BCUT2D eigenvalue weighted by Gasteiger charge is 2.46. The van der Waals surface area contributed by atoms with E-state index in [1.807, 2.05) is 0 Å². The van der Waals surface area contributed by atoms with E-state index in [1.165, 1.54) is 22.3 Å². The number of fused-ring (bicyclic) bond motifs is 1. The Bertz CT molecular complexity index is 864. The SMILES string of the molecule is CC(C)(CN1C(=O)C(C(=O)c2cccs2)c2nc(F)ccc21)C(N)=O. The molecule has 0 aliphatic carbocycles. The van der Waals surface area contributed by atoms with Gasteiger partial charge in [-0.25, -0.2) is 4.98 Å². The van der Waals surface area contributed by atoms with E-state index in [9.17, 15) is 18.8 Å². The first-order valence-corrected chi connectivity index (χ1v) is 8.46. The van der Waals surface area contributed by atoms with Gasteiger partial charge < -0.3 is 10.6 Å². The summed E-state index contributed by atoms with van der Waals surface area (Å²) >= 11 is 1.20. The highest BCUT2D eigenvalue weighted by Crippen LogP contribution is 2.40. The van der Waals surface area contributed by atoms with Crippen LogP contribution in [0.15, 0.2) is 29.6 Å². The van der Waals surface area contributed by atoms with Gasteiger partial charge in [0.25, 0.3) is 0 Å². The summed E-state index contributed by atoms with van der Waals surface area (Å²) in [5, 5.41) is 1.72. The first kappa shape index (κ1) is 17.2. The van der Waals surface area contributed by atoms with Gasteiger partial charge in [-0.2, -0.15) is 4.39 Å². The molecule has 3 heterocycles. The van der Waals surface area contributed by atoms with Gasteiger partial charge in [-0.3, -0.25) is 14.4 Å². The number of aromatic nitrogens is 1. The maximum absolute atomic E-state index is 13.6. The number of halogens is 1. The second kappa shape index (κ2) is 6.03. The molecule has 0 radical (unpaired) electrons. The molecule has 2 N–H and O–H groups in total. The largest absolute Gasteiger partial charge is 0.369 e. The third kappa shape index (κ3) is 2.93. The third-order valence-electron chi connectivity index (χ3n) is 4.19. The Hall–Kier alpha value is -2.61. The molecule has 1 aliphatic heterocycles. The molecule has 2 amide bonds. The fourth-order valence-electron chi connectivity index (χ4n) is 2.71. The molecule has 1 aliphatic rings. The molecule has 0 bridgehead atoms. The number of rotatable bonds is 5. The van der Waals surface area contributed by atoms with Crippen LogP contribution in [0.1, 0.15) is 35.1 Å². The molecule has 3 rings (SSSR count). The van der Waals surface area contributed by atoms with Gasteiger partial charge >= 0.3 is 0 Å². The van der Waals surface area contributed by atoms with Crippen LogP contribution in [-0.4, -0.2) is 29.1 Å². The summed E-state index contributed by atoms with van der Waals surface area (Å²) in [6, 6.07) is 5.82. The molecule has 2 aromatic rings. The van der Waals surface area contributed by atoms with Gasteiger partial charge in [0.1, 0.15) is 5.92 Å². The minimum Gasteiger partial charge on any atom is -0.369 e. The first-order valence-electron chi connectivity index (χ1n) is 7.58. The van der Waals surface area contributed by atoms with Crippen LogP contribution in [0, 0.1) is 11.4 Å². The van der Waals surface area contributed by atoms with Crippen LogP contribution < -0.4 is 10.6 Å². The van der Waals surface area contributed by atoms with Gasteiger partial charge in [-0.05, 0) is 37.4 Å². The van der Waals surface area contributed by atoms with E-state index in [-0.39, 0.29) is 12.2 Å². The van der Waals surface area contributed by atoms with Crippen LogP contribution in [0.4, 0.5) is 10.1 Å². The van der Waals surface area contributed by atoms with Crippen molar-refractivity contribution >= 4 is 34.6 Å². The van der Waals surface area contributed by atoms with Crippen molar-refractivity contribution in [3.05, 3.63) is 46.2 Å². The Morgan fingerprint density at radius 3 is 2.68 bits per heavy atom. The van der Waals surface area contributed by atoms with Gasteiger partial charge in [0.2, 0.25) is 17.8 Å². The zero-order chi connectivity index (χ0) is 18.4. The fourth-order valence-corrected chi connectivity index (χ4v) is 3.40. The Morgan fingerprint density at radius 1 is 1.36 bits per heavy atom. The lowest BCUT2D eigenvalue weighted by Gasteiger charge is -2.27. The van der Waals surface area contributed by atoms with Crippen LogP contribution in [-0.2, 0) is 9.59 Å². The van der Waals surface area contributed by atoms with Crippen molar-refractivity contribution in [2.75, 3.05) is 11.4 Å². The summed E-state index contributed by atoms with van der Waals surface area (Å²) in [7, 11) is 0. The van der Waals surface area contributed by atoms with Gasteiger partial charge in [-0.1, -0.05) is 6.07 Å². The van der Waals surface area contributed by atoms with Crippen molar-refractivity contribution in [2.24, 2.45) is 11.1 Å². The number of hydrogen-bond donors (Lipinski definition) is 1. The first-order chi connectivity index (χ1) is 11.7. The Labute approximate surface area is 147 Å². The second-order valence-electron chi connectivity index (χ2n) is 6.49. The van der Waals surface area contributed by atoms with Crippen LogP contribution in [0.25, 0.3) is 0 Å². The third-order valence-corrected chi connectivity index (χ3v) is 5.08. The molecule has 6 nitrogen and oxygen atoms in total. The average molecular weight is 361 g/mol. The molecule has 0 spiro atoms. The molecule has 25 heavy (non-hydrogen) atoms. The molecule has 0 saturated carbocycles. The molecule has 130 valence electrons. The monoisotopic (exact) mass is 361 g/mol. The average Bonchev–Trinajstić information content (AvgIpc) is 3.14. The van der Waals surface area contributed by atoms with Crippen LogP contribution >= 0.6 is 11.3 Å². The number of amides is 2. The molecule has 2 aromatic heterocycles. The summed E-state index contributed by atoms with van der Waals surface area (Å²) < 4.78 is 13.6. The highest BCUT2D eigenvalue weighted by molar-refractivity contribution is 7.12. The standard InChI is InChI=1S/C17H16FN3O3S/c1-17(2,16(19)24)8-21-9-5-6-11(18)20-13(9)12(15(21)23)14(22)10-4-3-7-25-10/h3-7,12H,8H2,1-2H3,(H2,19,24). The van der Waals surface area contributed by atoms with Crippen molar-refractivity contribution in [1.82, 2.24) is 4.98 Å². The summed E-state index contributed by atoms with van der Waals surface area (Å²) in [4.78, 5) is 42.7. The van der Waals surface area contributed by atoms with E-state index < -0.39 is 34.9 Å². The number of Topliss-reactive ketones (excluding diaryl/α,β-unsaturated/α-hetero) is 1. The van der Waals surface area contributed by atoms with Crippen LogP contribution in [0.2, 0.25) is 0 Å². The van der Waals surface area contributed by atoms with E-state index in [0.29, 0.717) is 10.6 Å². The summed E-state index contributed by atoms with van der Waals surface area (Å²) in [6.45, 7) is 3.19. The van der Waals surface area contributed by atoms with Crippen LogP contribution in [0.3, 0.4) is 0 Å². The number of nitrogens with zero attached hydrogens (tertiary/aromatic N) is 2. The number of carbonyl (C=O) groups is 3. The normalized spacial score (nSPS) is 16.8. The minimum atomic E-state index is -1.21. The van der Waals surface area contributed by atoms with Crippen molar-refractivity contribution < 1.29 is 18.8 Å². The number of anilines is 1. The zero-order valence-corrected chi connectivity index (χ0v) is 14.5. The fraction of sp³-hybridized carbons (Fsp3) is 0.294. The Kier molecular flexibility index (Phi) is 4.16. The van der Waals surface area contributed by atoms with Crippen molar-refractivity contribution in [3.8, 4) is 0 Å². The predicted molar refractivity (Wildman–Crippen MR) is 90.9 cm³/mol. The van der Waals surface area contributed by atoms with Gasteiger partial charge in [0, 0.05) is 6.54 Å². The highest BCUT2D eigenvalue weighted by atomic mass is 32.1. The molecular formula is C17H16FN3O3S. The topological polar surface area (TPSA) is 93.4 Å². The molecular weight excluding hydrogens is 345 g/mol. The van der Waals surface area contributed by atoms with E-state index in [2.05, 4.69) is 4.98 Å².